The summed E-state index contributed by atoms with van der Waals surface area (Å²) in [7, 11) is 1.87. The molecule has 160 valence electrons. The van der Waals surface area contributed by atoms with Crippen molar-refractivity contribution >= 4 is 29.9 Å². The van der Waals surface area contributed by atoms with Crippen LogP contribution in [-0.2, 0) is 16.1 Å². The molecule has 0 radical (unpaired) electrons. The molecule has 0 bridgehead atoms. The lowest BCUT2D eigenvalue weighted by Gasteiger charge is -2.24. The average Bonchev–Trinajstić information content (AvgIpc) is 3.13. The SMILES string of the molecule is CCOC(CCNC(=NC)N1CCC(COCc2ccccc2)C1)C(C)C.I. The average molecular weight is 503 g/mol. The van der Waals surface area contributed by atoms with Crippen LogP contribution in [0.15, 0.2) is 35.3 Å². The van der Waals surface area contributed by atoms with Gasteiger partial charge in [0.25, 0.3) is 0 Å². The van der Waals surface area contributed by atoms with Gasteiger partial charge in [-0.2, -0.15) is 0 Å². The first-order chi connectivity index (χ1) is 13.1. The minimum atomic E-state index is 0. The van der Waals surface area contributed by atoms with Gasteiger partial charge in [-0.3, -0.25) is 4.99 Å². The monoisotopic (exact) mass is 503 g/mol. The summed E-state index contributed by atoms with van der Waals surface area (Å²) < 4.78 is 11.8. The molecule has 0 amide bonds. The predicted octanol–water partition coefficient (Wildman–Crippen LogP) is 4.17. The van der Waals surface area contributed by atoms with Crippen molar-refractivity contribution in [3.8, 4) is 0 Å². The van der Waals surface area contributed by atoms with Crippen molar-refractivity contribution in [2.45, 2.75) is 46.3 Å². The first kappa shape index (κ1) is 25.2. The van der Waals surface area contributed by atoms with Crippen LogP contribution in [0.25, 0.3) is 0 Å². The van der Waals surface area contributed by atoms with Crippen LogP contribution in [0, 0.1) is 11.8 Å². The molecule has 1 N–H and O–H groups in total. The number of ether oxygens (including phenoxy) is 2. The van der Waals surface area contributed by atoms with Gasteiger partial charge in [0.2, 0.25) is 0 Å². The van der Waals surface area contributed by atoms with Crippen LogP contribution in [0.2, 0.25) is 0 Å². The maximum absolute atomic E-state index is 5.93. The molecular formula is C22H38IN3O2. The van der Waals surface area contributed by atoms with Crippen molar-refractivity contribution in [3.63, 3.8) is 0 Å². The summed E-state index contributed by atoms with van der Waals surface area (Å²) in [6.07, 6.45) is 2.46. The molecule has 1 fully saturated rings. The lowest BCUT2D eigenvalue weighted by molar-refractivity contribution is 0.0257. The first-order valence-electron chi connectivity index (χ1n) is 10.3. The molecule has 2 rings (SSSR count). The number of rotatable bonds is 10. The lowest BCUT2D eigenvalue weighted by atomic mass is 10.0. The number of nitrogens with one attached hydrogen (secondary N) is 1. The highest BCUT2D eigenvalue weighted by Crippen LogP contribution is 2.17. The molecule has 2 unspecified atom stereocenters. The molecule has 0 spiro atoms. The Hall–Kier alpha value is -0.860. The third-order valence-corrected chi connectivity index (χ3v) is 5.10. The normalized spacial score (nSPS) is 18.2. The Labute approximate surface area is 188 Å². The molecule has 28 heavy (non-hydrogen) atoms. The highest BCUT2D eigenvalue weighted by atomic mass is 127. The summed E-state index contributed by atoms with van der Waals surface area (Å²) in [6, 6.07) is 10.4. The molecule has 5 nitrogen and oxygen atoms in total. The summed E-state index contributed by atoms with van der Waals surface area (Å²) in [5.41, 5.74) is 1.24. The molecule has 0 aromatic heterocycles. The zero-order chi connectivity index (χ0) is 19.5. The molecular weight excluding hydrogens is 465 g/mol. The summed E-state index contributed by atoms with van der Waals surface area (Å²) in [5.74, 6) is 2.10. The maximum atomic E-state index is 5.93. The van der Waals surface area contributed by atoms with Gasteiger partial charge in [0.15, 0.2) is 5.96 Å². The van der Waals surface area contributed by atoms with Crippen molar-refractivity contribution in [2.24, 2.45) is 16.8 Å². The highest BCUT2D eigenvalue weighted by Gasteiger charge is 2.25. The van der Waals surface area contributed by atoms with E-state index in [2.05, 4.69) is 60.2 Å². The van der Waals surface area contributed by atoms with Gasteiger partial charge in [0.1, 0.15) is 0 Å². The second-order valence-corrected chi connectivity index (χ2v) is 7.60. The van der Waals surface area contributed by atoms with Crippen molar-refractivity contribution < 1.29 is 9.47 Å². The number of hydrogen-bond acceptors (Lipinski definition) is 3. The van der Waals surface area contributed by atoms with E-state index in [0.29, 0.717) is 24.5 Å². The molecule has 0 saturated carbocycles. The van der Waals surface area contributed by atoms with Gasteiger partial charge in [-0.25, -0.2) is 0 Å². The molecule has 1 aromatic carbocycles. The second-order valence-electron chi connectivity index (χ2n) is 7.60. The van der Waals surface area contributed by atoms with Crippen LogP contribution in [0.3, 0.4) is 0 Å². The van der Waals surface area contributed by atoms with Crippen LogP contribution < -0.4 is 5.32 Å². The first-order valence-corrected chi connectivity index (χ1v) is 10.3. The van der Waals surface area contributed by atoms with Crippen molar-refractivity contribution in [3.05, 3.63) is 35.9 Å². The standard InChI is InChI=1S/C22H37N3O2.HI/c1-5-27-21(18(2)3)11-13-24-22(23-4)25-14-12-20(15-25)17-26-16-19-9-7-6-8-10-19;/h6-10,18,20-21H,5,11-17H2,1-4H3,(H,23,24);1H. The van der Waals surface area contributed by atoms with E-state index in [1.54, 1.807) is 0 Å². The Balaban J connectivity index is 0.00000392. The van der Waals surface area contributed by atoms with Gasteiger partial charge >= 0.3 is 0 Å². The number of likely N-dealkylation sites (tertiary alicyclic amines) is 1. The molecule has 1 heterocycles. The Bertz CT molecular complexity index is 554. The van der Waals surface area contributed by atoms with E-state index in [9.17, 15) is 0 Å². The van der Waals surface area contributed by atoms with E-state index in [1.807, 2.05) is 13.1 Å². The minimum Gasteiger partial charge on any atom is -0.378 e. The summed E-state index contributed by atoms with van der Waals surface area (Å²) >= 11 is 0. The fraction of sp³-hybridized carbons (Fsp3) is 0.682. The quantitative estimate of drug-likeness (QED) is 0.296. The van der Waals surface area contributed by atoms with Crippen LogP contribution in [0.1, 0.15) is 39.2 Å². The van der Waals surface area contributed by atoms with Crippen molar-refractivity contribution in [1.29, 1.82) is 0 Å². The fourth-order valence-electron chi connectivity index (χ4n) is 3.56. The van der Waals surface area contributed by atoms with E-state index < -0.39 is 0 Å². The predicted molar refractivity (Wildman–Crippen MR) is 127 cm³/mol. The maximum Gasteiger partial charge on any atom is 0.193 e. The highest BCUT2D eigenvalue weighted by molar-refractivity contribution is 14.0. The fourth-order valence-corrected chi connectivity index (χ4v) is 3.56. The number of nitrogens with zero attached hydrogens (tertiary/aromatic N) is 2. The Morgan fingerprint density at radius 2 is 2.04 bits per heavy atom. The lowest BCUT2D eigenvalue weighted by Crippen LogP contribution is -2.41. The van der Waals surface area contributed by atoms with E-state index in [-0.39, 0.29) is 24.0 Å². The topological polar surface area (TPSA) is 46.1 Å². The van der Waals surface area contributed by atoms with E-state index in [1.165, 1.54) is 5.56 Å². The van der Waals surface area contributed by atoms with Gasteiger partial charge in [0.05, 0.1) is 19.3 Å². The Morgan fingerprint density at radius 3 is 2.68 bits per heavy atom. The number of guanidine groups is 1. The number of halogens is 1. The number of hydrogen-bond donors (Lipinski definition) is 1. The van der Waals surface area contributed by atoms with E-state index in [0.717, 1.165) is 51.6 Å². The van der Waals surface area contributed by atoms with Crippen LogP contribution >= 0.6 is 24.0 Å². The molecule has 2 atom stereocenters. The van der Waals surface area contributed by atoms with Crippen LogP contribution in [0.5, 0.6) is 0 Å². The van der Waals surface area contributed by atoms with Crippen molar-refractivity contribution in [2.75, 3.05) is 39.9 Å². The molecule has 1 aromatic rings. The summed E-state index contributed by atoms with van der Waals surface area (Å²) in [5, 5.41) is 3.51. The zero-order valence-corrected chi connectivity index (χ0v) is 20.2. The summed E-state index contributed by atoms with van der Waals surface area (Å²) in [6.45, 7) is 11.7. The van der Waals surface area contributed by atoms with Gasteiger partial charge in [-0.15, -0.1) is 24.0 Å². The number of aliphatic imine (C=N–C) groups is 1. The second kappa shape index (κ2) is 14.2. The van der Waals surface area contributed by atoms with Gasteiger partial charge in [0, 0.05) is 39.2 Å². The Morgan fingerprint density at radius 1 is 1.29 bits per heavy atom. The molecule has 0 aliphatic carbocycles. The van der Waals surface area contributed by atoms with Gasteiger partial charge < -0.3 is 19.7 Å². The zero-order valence-electron chi connectivity index (χ0n) is 17.9. The number of benzene rings is 1. The summed E-state index contributed by atoms with van der Waals surface area (Å²) in [4.78, 5) is 6.82. The van der Waals surface area contributed by atoms with Gasteiger partial charge in [-0.05, 0) is 31.2 Å². The molecule has 1 aliphatic heterocycles. The molecule has 1 aliphatic rings. The largest absolute Gasteiger partial charge is 0.378 e. The van der Waals surface area contributed by atoms with E-state index in [4.69, 9.17) is 9.47 Å². The van der Waals surface area contributed by atoms with Crippen molar-refractivity contribution in [1.82, 2.24) is 10.2 Å². The Kier molecular flexibility index (Phi) is 12.7. The molecule has 6 heteroatoms. The smallest absolute Gasteiger partial charge is 0.193 e. The third kappa shape index (κ3) is 8.66. The van der Waals surface area contributed by atoms with E-state index >= 15 is 0 Å². The third-order valence-electron chi connectivity index (χ3n) is 5.10. The van der Waals surface area contributed by atoms with Gasteiger partial charge in [-0.1, -0.05) is 44.2 Å². The van der Waals surface area contributed by atoms with Crippen LogP contribution in [0.4, 0.5) is 0 Å². The molecule has 1 saturated heterocycles. The van der Waals surface area contributed by atoms with Crippen LogP contribution in [-0.4, -0.2) is 56.9 Å². The minimum absolute atomic E-state index is 0.